The van der Waals surface area contributed by atoms with Crippen LogP contribution in [0.4, 0.5) is 10.1 Å². The van der Waals surface area contributed by atoms with E-state index in [1.807, 2.05) is 0 Å². The maximum absolute atomic E-state index is 13.1. The molecule has 0 aliphatic carbocycles. The van der Waals surface area contributed by atoms with Gasteiger partial charge in [0.25, 0.3) is 10.0 Å². The summed E-state index contributed by atoms with van der Waals surface area (Å²) in [6.07, 6.45) is 0. The van der Waals surface area contributed by atoms with Gasteiger partial charge in [0.05, 0.1) is 3.79 Å². The van der Waals surface area contributed by atoms with Crippen LogP contribution in [0.5, 0.6) is 0 Å². The molecule has 3 nitrogen and oxygen atoms in total. The largest absolute Gasteiger partial charge is 0.280 e. The van der Waals surface area contributed by atoms with Crippen LogP contribution in [0, 0.1) is 19.7 Å². The highest BCUT2D eigenvalue weighted by molar-refractivity contribution is 9.11. The second kappa shape index (κ2) is 5.22. The van der Waals surface area contributed by atoms with E-state index in [0.29, 0.717) is 16.1 Å². The van der Waals surface area contributed by atoms with Crippen LogP contribution in [0.2, 0.25) is 0 Å². The number of hydrogen-bond acceptors (Lipinski definition) is 3. The molecule has 0 aliphatic rings. The quantitative estimate of drug-likeness (QED) is 0.893. The van der Waals surface area contributed by atoms with Gasteiger partial charge >= 0.3 is 0 Å². The van der Waals surface area contributed by atoms with Crippen molar-refractivity contribution in [3.8, 4) is 0 Å². The Morgan fingerprint density at radius 3 is 2.47 bits per heavy atom. The zero-order valence-electron chi connectivity index (χ0n) is 10.2. The fourth-order valence-electron chi connectivity index (χ4n) is 1.62. The molecule has 0 saturated heterocycles. The molecular weight excluding hydrogens is 353 g/mol. The number of halogens is 2. The molecule has 0 fully saturated rings. The number of sulfonamides is 1. The lowest BCUT2D eigenvalue weighted by Gasteiger charge is -2.08. The summed E-state index contributed by atoms with van der Waals surface area (Å²) in [5.41, 5.74) is 0.740. The van der Waals surface area contributed by atoms with Crippen molar-refractivity contribution in [2.45, 2.75) is 18.7 Å². The zero-order valence-corrected chi connectivity index (χ0v) is 13.4. The molecule has 0 radical (unpaired) electrons. The third-order valence-electron chi connectivity index (χ3n) is 2.54. The molecule has 0 aliphatic heterocycles. The maximum Gasteiger partial charge on any atom is 0.263 e. The molecule has 0 bridgehead atoms. The average molecular weight is 364 g/mol. The first kappa shape index (κ1) is 14.5. The van der Waals surface area contributed by atoms with Crippen LogP contribution in [-0.4, -0.2) is 8.42 Å². The Kier molecular flexibility index (Phi) is 3.98. The third-order valence-corrected chi connectivity index (χ3v) is 5.73. The number of benzene rings is 1. The summed E-state index contributed by atoms with van der Waals surface area (Å²) < 4.78 is 40.8. The van der Waals surface area contributed by atoms with Crippen molar-refractivity contribution < 1.29 is 12.8 Å². The molecule has 0 spiro atoms. The van der Waals surface area contributed by atoms with Gasteiger partial charge in [-0.3, -0.25) is 4.72 Å². The molecule has 7 heteroatoms. The molecule has 0 atom stereocenters. The molecule has 0 saturated carbocycles. The highest BCUT2D eigenvalue weighted by Crippen LogP contribution is 2.30. The first-order valence-electron chi connectivity index (χ1n) is 5.34. The van der Waals surface area contributed by atoms with E-state index >= 15 is 0 Å². The SMILES string of the molecule is Cc1cc(NS(=O)(=O)c2cc(Br)sc2C)ccc1F. The smallest absolute Gasteiger partial charge is 0.263 e. The van der Waals surface area contributed by atoms with Crippen LogP contribution in [0.1, 0.15) is 10.4 Å². The van der Waals surface area contributed by atoms with Crippen molar-refractivity contribution in [2.75, 3.05) is 4.72 Å². The molecule has 0 amide bonds. The minimum absolute atomic E-state index is 0.228. The lowest BCUT2D eigenvalue weighted by Crippen LogP contribution is -2.13. The summed E-state index contributed by atoms with van der Waals surface area (Å²) in [6, 6.07) is 5.66. The fraction of sp³-hybridized carbons (Fsp3) is 0.167. The molecule has 2 aromatic rings. The van der Waals surface area contributed by atoms with Crippen molar-refractivity contribution in [3.63, 3.8) is 0 Å². The van der Waals surface area contributed by atoms with Gasteiger partial charge in [0.15, 0.2) is 0 Å². The number of rotatable bonds is 3. The van der Waals surface area contributed by atoms with Crippen LogP contribution >= 0.6 is 27.3 Å². The summed E-state index contributed by atoms with van der Waals surface area (Å²) in [6.45, 7) is 3.32. The van der Waals surface area contributed by atoms with Crippen molar-refractivity contribution in [1.82, 2.24) is 0 Å². The second-order valence-corrected chi connectivity index (χ2v) is 8.33. The Hall–Kier alpha value is -0.920. The molecule has 1 aromatic carbocycles. The Morgan fingerprint density at radius 2 is 1.95 bits per heavy atom. The number of aryl methyl sites for hydroxylation is 2. The Balaban J connectivity index is 2.36. The van der Waals surface area contributed by atoms with Crippen molar-refractivity contribution in [3.05, 3.63) is 44.3 Å². The van der Waals surface area contributed by atoms with Crippen molar-refractivity contribution in [1.29, 1.82) is 0 Å². The predicted molar refractivity (Wildman–Crippen MR) is 78.7 cm³/mol. The number of hydrogen-bond donors (Lipinski definition) is 1. The average Bonchev–Trinajstić information content (AvgIpc) is 2.63. The van der Waals surface area contributed by atoms with E-state index in [1.54, 1.807) is 19.9 Å². The molecule has 19 heavy (non-hydrogen) atoms. The van der Waals surface area contributed by atoms with Crippen LogP contribution < -0.4 is 4.72 Å². The van der Waals surface area contributed by atoms with E-state index in [-0.39, 0.29) is 10.7 Å². The van der Waals surface area contributed by atoms with Crippen LogP contribution in [0.25, 0.3) is 0 Å². The standard InChI is InChI=1S/C12H11BrFNO2S2/c1-7-5-9(3-4-10(7)14)15-19(16,17)11-6-12(13)18-8(11)2/h3-6,15H,1-2H3. The summed E-state index contributed by atoms with van der Waals surface area (Å²) in [4.78, 5) is 0.921. The van der Waals surface area contributed by atoms with E-state index in [1.165, 1.54) is 29.5 Å². The second-order valence-electron chi connectivity index (χ2n) is 4.04. The molecule has 1 N–H and O–H groups in total. The number of thiophene rings is 1. The van der Waals surface area contributed by atoms with Gasteiger partial charge in [-0.15, -0.1) is 11.3 Å². The molecular formula is C12H11BrFNO2S2. The summed E-state index contributed by atoms with van der Waals surface area (Å²) in [5, 5.41) is 0. The number of nitrogens with one attached hydrogen (secondary N) is 1. The molecule has 1 aromatic heterocycles. The highest BCUT2D eigenvalue weighted by atomic mass is 79.9. The Morgan fingerprint density at radius 1 is 1.26 bits per heavy atom. The van der Waals surface area contributed by atoms with Crippen LogP contribution in [0.15, 0.2) is 32.9 Å². The van der Waals surface area contributed by atoms with Gasteiger partial charge in [-0.05, 0) is 59.6 Å². The highest BCUT2D eigenvalue weighted by Gasteiger charge is 2.19. The summed E-state index contributed by atoms with van der Waals surface area (Å²) >= 11 is 4.61. The van der Waals surface area contributed by atoms with E-state index in [2.05, 4.69) is 20.7 Å². The van der Waals surface area contributed by atoms with Crippen LogP contribution in [-0.2, 0) is 10.0 Å². The Bertz CT molecular complexity index is 725. The van der Waals surface area contributed by atoms with E-state index < -0.39 is 10.0 Å². The first-order valence-corrected chi connectivity index (χ1v) is 8.44. The van der Waals surface area contributed by atoms with Gasteiger partial charge in [0.1, 0.15) is 10.7 Å². The van der Waals surface area contributed by atoms with Gasteiger partial charge in [0.2, 0.25) is 0 Å². The predicted octanol–water partition coefficient (Wildman–Crippen LogP) is 4.07. The lowest BCUT2D eigenvalue weighted by molar-refractivity contribution is 0.600. The van der Waals surface area contributed by atoms with E-state index in [0.717, 1.165) is 3.79 Å². The first-order chi connectivity index (χ1) is 8.79. The normalized spacial score (nSPS) is 11.6. The third kappa shape index (κ3) is 3.16. The molecule has 2 rings (SSSR count). The van der Waals surface area contributed by atoms with Gasteiger partial charge in [-0.25, -0.2) is 12.8 Å². The summed E-state index contributed by atoms with van der Waals surface area (Å²) in [7, 11) is -3.64. The molecule has 0 unspecified atom stereocenters. The minimum Gasteiger partial charge on any atom is -0.280 e. The maximum atomic E-state index is 13.1. The van der Waals surface area contributed by atoms with Gasteiger partial charge in [-0.2, -0.15) is 0 Å². The van der Waals surface area contributed by atoms with Gasteiger partial charge in [0, 0.05) is 10.6 Å². The fourth-order valence-corrected chi connectivity index (χ4v) is 5.08. The van der Waals surface area contributed by atoms with Crippen molar-refractivity contribution in [2.24, 2.45) is 0 Å². The van der Waals surface area contributed by atoms with E-state index in [4.69, 9.17) is 0 Å². The molecule has 1 heterocycles. The number of anilines is 1. The topological polar surface area (TPSA) is 46.2 Å². The van der Waals surface area contributed by atoms with E-state index in [9.17, 15) is 12.8 Å². The molecule has 102 valence electrons. The van der Waals surface area contributed by atoms with Gasteiger partial charge in [-0.1, -0.05) is 0 Å². The monoisotopic (exact) mass is 363 g/mol. The minimum atomic E-state index is -3.64. The van der Waals surface area contributed by atoms with Crippen LogP contribution in [0.3, 0.4) is 0 Å². The zero-order chi connectivity index (χ0) is 14.2. The lowest BCUT2D eigenvalue weighted by atomic mass is 10.2. The summed E-state index contributed by atoms with van der Waals surface area (Å²) in [5.74, 6) is -0.364. The van der Waals surface area contributed by atoms with Crippen molar-refractivity contribution >= 4 is 43.0 Å². The van der Waals surface area contributed by atoms with Gasteiger partial charge < -0.3 is 0 Å². The Labute approximate surface area is 123 Å².